The van der Waals surface area contributed by atoms with Crippen molar-refractivity contribution in [3.05, 3.63) is 76.8 Å². The molecule has 2 heterocycles. The van der Waals surface area contributed by atoms with Crippen LogP contribution in [0.15, 0.2) is 65.7 Å². The minimum absolute atomic E-state index is 0.00648. The summed E-state index contributed by atoms with van der Waals surface area (Å²) in [6.07, 6.45) is 2.42. The van der Waals surface area contributed by atoms with E-state index in [1.165, 1.54) is 16.2 Å². The smallest absolute Gasteiger partial charge is 0.301 e. The predicted octanol–water partition coefficient (Wildman–Crippen LogP) is 4.96. The van der Waals surface area contributed by atoms with Crippen LogP contribution < -0.4 is 14.4 Å². The van der Waals surface area contributed by atoms with Crippen molar-refractivity contribution >= 4 is 33.9 Å². The van der Waals surface area contributed by atoms with Crippen LogP contribution in [0.5, 0.6) is 11.5 Å². The van der Waals surface area contributed by atoms with E-state index in [-0.39, 0.29) is 11.3 Å². The second kappa shape index (κ2) is 9.87. The van der Waals surface area contributed by atoms with Crippen molar-refractivity contribution in [2.45, 2.75) is 26.3 Å². The van der Waals surface area contributed by atoms with Crippen molar-refractivity contribution in [3.63, 3.8) is 0 Å². The summed E-state index contributed by atoms with van der Waals surface area (Å²) < 4.78 is 11.2. The maximum absolute atomic E-state index is 13.1. The van der Waals surface area contributed by atoms with Gasteiger partial charge in [0.1, 0.15) is 17.3 Å². The van der Waals surface area contributed by atoms with Crippen molar-refractivity contribution < 1.29 is 24.2 Å². The molecule has 3 aromatic rings. The van der Waals surface area contributed by atoms with E-state index in [2.05, 4.69) is 4.98 Å². The Bertz CT molecular complexity index is 1170. The van der Waals surface area contributed by atoms with Crippen LogP contribution >= 0.6 is 11.3 Å². The van der Waals surface area contributed by atoms with Gasteiger partial charge < -0.3 is 14.6 Å². The van der Waals surface area contributed by atoms with Gasteiger partial charge in [0, 0.05) is 17.1 Å². The zero-order valence-electron chi connectivity index (χ0n) is 18.4. The van der Waals surface area contributed by atoms with Gasteiger partial charge in [-0.3, -0.25) is 14.5 Å². The van der Waals surface area contributed by atoms with Gasteiger partial charge in [0.2, 0.25) is 0 Å². The summed E-state index contributed by atoms with van der Waals surface area (Å²) in [4.78, 5) is 31.8. The maximum Gasteiger partial charge on any atom is 0.301 e. The average molecular weight is 465 g/mol. The minimum Gasteiger partial charge on any atom is -0.507 e. The van der Waals surface area contributed by atoms with Gasteiger partial charge in [-0.15, -0.1) is 11.3 Å². The molecule has 1 aliphatic heterocycles. The number of Topliss-reactive ketones (excluding diaryl/α,β-unsaturated/α-hetero) is 1. The first-order valence-corrected chi connectivity index (χ1v) is 11.6. The number of benzene rings is 2. The Balaban J connectivity index is 1.84. The van der Waals surface area contributed by atoms with Crippen molar-refractivity contribution in [1.82, 2.24) is 4.98 Å². The van der Waals surface area contributed by atoms with Gasteiger partial charge in [-0.25, -0.2) is 4.98 Å². The number of hydrogen-bond acceptors (Lipinski definition) is 7. The van der Waals surface area contributed by atoms with Crippen LogP contribution in [0.1, 0.15) is 37.4 Å². The number of thiazole rings is 1. The fourth-order valence-electron chi connectivity index (χ4n) is 3.71. The van der Waals surface area contributed by atoms with Gasteiger partial charge >= 0.3 is 5.91 Å². The molecule has 1 fully saturated rings. The van der Waals surface area contributed by atoms with Gasteiger partial charge in [-0.2, -0.15) is 0 Å². The van der Waals surface area contributed by atoms with E-state index in [1.54, 1.807) is 54.0 Å². The summed E-state index contributed by atoms with van der Waals surface area (Å²) >= 11 is 1.25. The first-order chi connectivity index (χ1) is 16.0. The Kier molecular flexibility index (Phi) is 6.74. The number of rotatable bonds is 8. The Morgan fingerprint density at radius 2 is 1.88 bits per heavy atom. The quantitative estimate of drug-likeness (QED) is 0.288. The molecule has 170 valence electrons. The lowest BCUT2D eigenvalue weighted by atomic mass is 9.95. The number of carbonyl (C=O) groups is 2. The normalized spacial score (nSPS) is 17.4. The van der Waals surface area contributed by atoms with E-state index in [0.29, 0.717) is 41.0 Å². The van der Waals surface area contributed by atoms with Crippen molar-refractivity contribution in [3.8, 4) is 11.5 Å². The minimum atomic E-state index is -0.840. The van der Waals surface area contributed by atoms with Gasteiger partial charge in [0.05, 0.1) is 24.8 Å². The number of aliphatic hydroxyl groups is 1. The van der Waals surface area contributed by atoms with Gasteiger partial charge in [0.25, 0.3) is 5.78 Å². The van der Waals surface area contributed by atoms with E-state index in [4.69, 9.17) is 9.47 Å². The number of aromatic nitrogens is 1. The molecular weight excluding hydrogens is 440 g/mol. The van der Waals surface area contributed by atoms with Crippen molar-refractivity contribution in [1.29, 1.82) is 0 Å². The monoisotopic (exact) mass is 464 g/mol. The van der Waals surface area contributed by atoms with Crippen LogP contribution in [0, 0.1) is 0 Å². The maximum atomic E-state index is 13.1. The number of aliphatic hydroxyl groups excluding tert-OH is 1. The molecule has 4 rings (SSSR count). The molecule has 8 heteroatoms. The third-order valence-corrected chi connectivity index (χ3v) is 5.93. The number of anilines is 1. The highest BCUT2D eigenvalue weighted by atomic mass is 32.1. The third kappa shape index (κ3) is 4.47. The van der Waals surface area contributed by atoms with Crippen LogP contribution in [-0.4, -0.2) is 35.0 Å². The molecule has 0 saturated carbocycles. The van der Waals surface area contributed by atoms with Crippen LogP contribution in [-0.2, 0) is 9.59 Å². The summed E-state index contributed by atoms with van der Waals surface area (Å²) in [5.41, 5.74) is 1.07. The molecule has 1 aromatic heterocycles. The van der Waals surface area contributed by atoms with E-state index >= 15 is 0 Å². The summed E-state index contributed by atoms with van der Waals surface area (Å²) in [6, 6.07) is 13.1. The topological polar surface area (TPSA) is 89.0 Å². The Hall–Kier alpha value is -3.65. The summed E-state index contributed by atoms with van der Waals surface area (Å²) in [6.45, 7) is 4.95. The molecule has 1 atom stereocenters. The Morgan fingerprint density at radius 1 is 1.09 bits per heavy atom. The molecule has 1 aliphatic rings. The van der Waals surface area contributed by atoms with E-state index < -0.39 is 17.7 Å². The second-order valence-electron chi connectivity index (χ2n) is 7.36. The molecule has 0 spiro atoms. The Morgan fingerprint density at radius 3 is 2.55 bits per heavy atom. The number of carbonyl (C=O) groups excluding carboxylic acids is 2. The lowest BCUT2D eigenvalue weighted by molar-refractivity contribution is -0.132. The molecule has 1 unspecified atom stereocenters. The number of ketones is 1. The number of nitrogens with zero attached hydrogens (tertiary/aromatic N) is 2. The summed E-state index contributed by atoms with van der Waals surface area (Å²) in [5, 5.41) is 13.3. The lowest BCUT2D eigenvalue weighted by Gasteiger charge is -2.23. The highest BCUT2D eigenvalue weighted by molar-refractivity contribution is 7.14. The highest BCUT2D eigenvalue weighted by Gasteiger charge is 2.48. The summed E-state index contributed by atoms with van der Waals surface area (Å²) in [7, 11) is 0. The second-order valence-corrected chi connectivity index (χ2v) is 8.24. The van der Waals surface area contributed by atoms with Crippen LogP contribution in [0.3, 0.4) is 0 Å². The largest absolute Gasteiger partial charge is 0.507 e. The van der Waals surface area contributed by atoms with Gasteiger partial charge in [-0.1, -0.05) is 19.1 Å². The Labute approximate surface area is 195 Å². The molecule has 0 radical (unpaired) electrons. The van der Waals surface area contributed by atoms with Crippen molar-refractivity contribution in [2.24, 2.45) is 0 Å². The SMILES string of the molecule is CCCOc1cccc(C2/C(=C(\O)c3ccc(OCC)cc3)C(=O)C(=O)N2c2nccs2)c1. The first kappa shape index (κ1) is 22.5. The molecule has 0 bridgehead atoms. The molecule has 33 heavy (non-hydrogen) atoms. The molecule has 1 amide bonds. The molecular formula is C25H24N2O5S. The predicted molar refractivity (Wildman–Crippen MR) is 127 cm³/mol. The fourth-order valence-corrected chi connectivity index (χ4v) is 4.37. The number of ether oxygens (including phenoxy) is 2. The van der Waals surface area contributed by atoms with E-state index in [0.717, 1.165) is 6.42 Å². The zero-order valence-corrected chi connectivity index (χ0v) is 19.2. The van der Waals surface area contributed by atoms with Crippen LogP contribution in [0.4, 0.5) is 5.13 Å². The van der Waals surface area contributed by atoms with Crippen LogP contribution in [0.25, 0.3) is 5.76 Å². The number of hydrogen-bond donors (Lipinski definition) is 1. The highest BCUT2D eigenvalue weighted by Crippen LogP contribution is 2.43. The molecule has 2 aromatic carbocycles. The number of amides is 1. The van der Waals surface area contributed by atoms with E-state index in [9.17, 15) is 14.7 Å². The lowest BCUT2D eigenvalue weighted by Crippen LogP contribution is -2.29. The third-order valence-electron chi connectivity index (χ3n) is 5.16. The summed E-state index contributed by atoms with van der Waals surface area (Å²) in [5.74, 6) is -0.473. The van der Waals surface area contributed by atoms with Crippen molar-refractivity contribution in [2.75, 3.05) is 18.1 Å². The molecule has 7 nitrogen and oxygen atoms in total. The molecule has 1 saturated heterocycles. The zero-order chi connectivity index (χ0) is 23.4. The first-order valence-electron chi connectivity index (χ1n) is 10.7. The molecule has 1 N–H and O–H groups in total. The molecule has 0 aliphatic carbocycles. The van der Waals surface area contributed by atoms with Gasteiger partial charge in [0.15, 0.2) is 5.13 Å². The standard InChI is InChI=1S/C25H24N2O5S/c1-3-13-32-19-7-5-6-17(15-19)21-20(22(28)16-8-10-18(11-9-16)31-4-2)23(29)24(30)27(21)25-26-12-14-33-25/h5-12,14-15,21,28H,3-4,13H2,1-2H3/b22-20+. The van der Waals surface area contributed by atoms with Gasteiger partial charge in [-0.05, 0) is 55.3 Å². The fraction of sp³-hybridized carbons (Fsp3) is 0.240. The average Bonchev–Trinajstić information content (AvgIpc) is 3.45. The van der Waals surface area contributed by atoms with E-state index in [1.807, 2.05) is 19.9 Å². The van der Waals surface area contributed by atoms with Crippen LogP contribution in [0.2, 0.25) is 0 Å².